The molecule has 144 valence electrons. The van der Waals surface area contributed by atoms with Gasteiger partial charge in [0.25, 0.3) is 0 Å². The predicted octanol–water partition coefficient (Wildman–Crippen LogP) is 2.75. The summed E-state index contributed by atoms with van der Waals surface area (Å²) in [6.45, 7) is -0.155. The van der Waals surface area contributed by atoms with Crippen molar-refractivity contribution in [2.45, 2.75) is 25.4 Å². The average Bonchev–Trinajstić information content (AvgIpc) is 3.05. The molecule has 0 aromatic heterocycles. The highest BCUT2D eigenvalue weighted by Crippen LogP contribution is 2.37. The van der Waals surface area contributed by atoms with E-state index in [-0.39, 0.29) is 6.42 Å². The first-order valence-corrected chi connectivity index (χ1v) is 8.48. The SMILES string of the molecule is O=C(O)[C@@H]1CN(C(=O)CCCOCCc2ccccc2)C[C@H]1C(F)(F)F. The first-order chi connectivity index (χ1) is 12.3. The molecule has 0 bridgehead atoms. The predicted molar refractivity (Wildman–Crippen MR) is 87.4 cm³/mol. The molecule has 0 unspecified atom stereocenters. The van der Waals surface area contributed by atoms with Gasteiger partial charge in [0.15, 0.2) is 0 Å². The fourth-order valence-electron chi connectivity index (χ4n) is 3.01. The van der Waals surface area contributed by atoms with Gasteiger partial charge in [-0.05, 0) is 18.4 Å². The van der Waals surface area contributed by atoms with E-state index in [4.69, 9.17) is 9.84 Å². The molecule has 1 aliphatic rings. The summed E-state index contributed by atoms with van der Waals surface area (Å²) in [4.78, 5) is 24.1. The largest absolute Gasteiger partial charge is 0.481 e. The Morgan fingerprint density at radius 3 is 2.42 bits per heavy atom. The van der Waals surface area contributed by atoms with Crippen molar-refractivity contribution in [2.75, 3.05) is 26.3 Å². The van der Waals surface area contributed by atoms with Crippen LogP contribution in [-0.4, -0.2) is 54.4 Å². The highest BCUT2D eigenvalue weighted by Gasteiger charge is 2.53. The van der Waals surface area contributed by atoms with Gasteiger partial charge in [-0.3, -0.25) is 9.59 Å². The number of carboxylic acid groups (broad SMARTS) is 1. The van der Waals surface area contributed by atoms with Crippen LogP contribution < -0.4 is 0 Å². The van der Waals surface area contributed by atoms with E-state index in [0.717, 1.165) is 16.9 Å². The molecule has 26 heavy (non-hydrogen) atoms. The second kappa shape index (κ2) is 9.02. The Morgan fingerprint density at radius 1 is 1.15 bits per heavy atom. The van der Waals surface area contributed by atoms with E-state index < -0.39 is 43.0 Å². The number of nitrogens with zero attached hydrogens (tertiary/aromatic N) is 1. The molecular weight excluding hydrogens is 351 g/mol. The third-order valence-electron chi connectivity index (χ3n) is 4.47. The van der Waals surface area contributed by atoms with Crippen molar-refractivity contribution in [3.05, 3.63) is 35.9 Å². The molecule has 1 amide bonds. The monoisotopic (exact) mass is 373 g/mol. The number of rotatable bonds is 8. The molecule has 0 saturated carbocycles. The van der Waals surface area contributed by atoms with Gasteiger partial charge in [-0.15, -0.1) is 0 Å². The number of carboxylic acids is 1. The van der Waals surface area contributed by atoms with Crippen LogP contribution in [0.4, 0.5) is 13.2 Å². The summed E-state index contributed by atoms with van der Waals surface area (Å²) >= 11 is 0. The van der Waals surface area contributed by atoms with Crippen LogP contribution in [0.3, 0.4) is 0 Å². The second-order valence-electron chi connectivity index (χ2n) is 6.34. The lowest BCUT2D eigenvalue weighted by atomic mass is 9.96. The second-order valence-corrected chi connectivity index (χ2v) is 6.34. The van der Waals surface area contributed by atoms with E-state index in [1.54, 1.807) is 0 Å². The standard InChI is InChI=1S/C18H22F3NO4/c19-18(20,21)15-12-22(11-14(15)17(24)25)16(23)7-4-9-26-10-8-13-5-2-1-3-6-13/h1-3,5-6,14-15H,4,7-12H2,(H,24,25)/t14-,15-/m1/s1. The number of ether oxygens (including phenoxy) is 1. The Kier molecular flexibility index (Phi) is 7.02. The number of hydrogen-bond donors (Lipinski definition) is 1. The molecular formula is C18H22F3NO4. The maximum atomic E-state index is 12.9. The molecule has 1 aromatic rings. The maximum Gasteiger partial charge on any atom is 0.394 e. The minimum absolute atomic E-state index is 0.0439. The fraction of sp³-hybridized carbons (Fsp3) is 0.556. The highest BCUT2D eigenvalue weighted by atomic mass is 19.4. The van der Waals surface area contributed by atoms with Gasteiger partial charge >= 0.3 is 12.1 Å². The number of carbonyl (C=O) groups excluding carboxylic acids is 1. The van der Waals surface area contributed by atoms with Gasteiger partial charge < -0.3 is 14.7 Å². The summed E-state index contributed by atoms with van der Waals surface area (Å²) in [6.07, 6.45) is -3.45. The van der Waals surface area contributed by atoms with Crippen LogP contribution in [0.25, 0.3) is 0 Å². The average molecular weight is 373 g/mol. The number of halogens is 3. The van der Waals surface area contributed by atoms with Crippen LogP contribution in [-0.2, 0) is 20.7 Å². The molecule has 8 heteroatoms. The van der Waals surface area contributed by atoms with Crippen molar-refractivity contribution in [1.29, 1.82) is 0 Å². The third kappa shape index (κ3) is 5.72. The van der Waals surface area contributed by atoms with Crippen molar-refractivity contribution in [3.63, 3.8) is 0 Å². The Labute approximate surface area is 149 Å². The van der Waals surface area contributed by atoms with E-state index in [9.17, 15) is 22.8 Å². The molecule has 1 aliphatic heterocycles. The van der Waals surface area contributed by atoms with Crippen molar-refractivity contribution in [3.8, 4) is 0 Å². The summed E-state index contributed by atoms with van der Waals surface area (Å²) in [7, 11) is 0. The Morgan fingerprint density at radius 2 is 1.85 bits per heavy atom. The van der Waals surface area contributed by atoms with Gasteiger partial charge in [0.2, 0.25) is 5.91 Å². The van der Waals surface area contributed by atoms with E-state index in [1.165, 1.54) is 0 Å². The number of amides is 1. The molecule has 0 radical (unpaired) electrons. The summed E-state index contributed by atoms with van der Waals surface area (Å²) in [5.74, 6) is -5.59. The molecule has 0 spiro atoms. The quantitative estimate of drug-likeness (QED) is 0.712. The van der Waals surface area contributed by atoms with Gasteiger partial charge in [-0.25, -0.2) is 0 Å². The minimum atomic E-state index is -4.63. The molecule has 5 nitrogen and oxygen atoms in total. The fourth-order valence-corrected chi connectivity index (χ4v) is 3.01. The van der Waals surface area contributed by atoms with E-state index in [0.29, 0.717) is 19.6 Å². The molecule has 2 rings (SSSR count). The van der Waals surface area contributed by atoms with Crippen LogP contribution in [0.2, 0.25) is 0 Å². The van der Waals surface area contributed by atoms with Crippen LogP contribution in [0.1, 0.15) is 18.4 Å². The topological polar surface area (TPSA) is 66.8 Å². The first kappa shape index (κ1) is 20.2. The van der Waals surface area contributed by atoms with Crippen LogP contribution in [0.5, 0.6) is 0 Å². The zero-order valence-corrected chi connectivity index (χ0v) is 14.2. The number of likely N-dealkylation sites (tertiary alicyclic amines) is 1. The van der Waals surface area contributed by atoms with Gasteiger partial charge in [-0.2, -0.15) is 13.2 Å². The molecule has 0 aliphatic carbocycles. The summed E-state index contributed by atoms with van der Waals surface area (Å²) in [6, 6.07) is 9.75. The third-order valence-corrected chi connectivity index (χ3v) is 4.47. The molecule has 1 saturated heterocycles. The number of benzene rings is 1. The zero-order chi connectivity index (χ0) is 19.2. The Balaban J connectivity index is 1.69. The number of alkyl halides is 3. The lowest BCUT2D eigenvalue weighted by Gasteiger charge is -2.18. The minimum Gasteiger partial charge on any atom is -0.481 e. The molecule has 1 aromatic carbocycles. The van der Waals surface area contributed by atoms with Crippen LogP contribution in [0, 0.1) is 11.8 Å². The lowest BCUT2D eigenvalue weighted by Crippen LogP contribution is -2.34. The van der Waals surface area contributed by atoms with Crippen LogP contribution >= 0.6 is 0 Å². The Hall–Kier alpha value is -2.09. The molecule has 1 N–H and O–H groups in total. The van der Waals surface area contributed by atoms with Gasteiger partial charge in [0.05, 0.1) is 18.4 Å². The van der Waals surface area contributed by atoms with E-state index in [2.05, 4.69) is 0 Å². The normalized spacial score (nSPS) is 20.3. The molecule has 2 atom stereocenters. The number of hydrogen-bond acceptors (Lipinski definition) is 3. The first-order valence-electron chi connectivity index (χ1n) is 8.48. The smallest absolute Gasteiger partial charge is 0.394 e. The van der Waals surface area contributed by atoms with Crippen molar-refractivity contribution in [1.82, 2.24) is 4.90 Å². The maximum absolute atomic E-state index is 12.9. The van der Waals surface area contributed by atoms with E-state index in [1.807, 2.05) is 30.3 Å². The summed E-state index contributed by atoms with van der Waals surface area (Å²) < 4.78 is 44.2. The molecule has 1 fully saturated rings. The number of aliphatic carboxylic acids is 1. The number of carbonyl (C=O) groups is 2. The Bertz CT molecular complexity index is 606. The van der Waals surface area contributed by atoms with Crippen molar-refractivity contribution < 1.29 is 32.6 Å². The van der Waals surface area contributed by atoms with E-state index >= 15 is 0 Å². The summed E-state index contributed by atoms with van der Waals surface area (Å²) in [5, 5.41) is 8.96. The van der Waals surface area contributed by atoms with Crippen molar-refractivity contribution >= 4 is 11.9 Å². The summed E-state index contributed by atoms with van der Waals surface area (Å²) in [5.41, 5.74) is 1.14. The van der Waals surface area contributed by atoms with Gasteiger partial charge in [0.1, 0.15) is 0 Å². The lowest BCUT2D eigenvalue weighted by molar-refractivity contribution is -0.188. The van der Waals surface area contributed by atoms with Crippen LogP contribution in [0.15, 0.2) is 30.3 Å². The zero-order valence-electron chi connectivity index (χ0n) is 14.2. The van der Waals surface area contributed by atoms with Gasteiger partial charge in [-0.1, -0.05) is 30.3 Å². The van der Waals surface area contributed by atoms with Crippen molar-refractivity contribution in [2.24, 2.45) is 11.8 Å². The highest BCUT2D eigenvalue weighted by molar-refractivity contribution is 5.79. The molecule has 1 heterocycles. The van der Waals surface area contributed by atoms with Gasteiger partial charge in [0, 0.05) is 26.1 Å².